The van der Waals surface area contributed by atoms with Crippen molar-refractivity contribution in [2.24, 2.45) is 0 Å². The summed E-state index contributed by atoms with van der Waals surface area (Å²) in [7, 11) is 0. The maximum Gasteiger partial charge on any atom is 0.265 e. The van der Waals surface area contributed by atoms with Crippen molar-refractivity contribution in [2.75, 3.05) is 5.32 Å². The fourth-order valence-electron chi connectivity index (χ4n) is 3.85. The zero-order valence-corrected chi connectivity index (χ0v) is 16.3. The van der Waals surface area contributed by atoms with Crippen LogP contribution in [0.3, 0.4) is 0 Å². The van der Waals surface area contributed by atoms with E-state index in [1.54, 1.807) is 0 Å². The third kappa shape index (κ3) is 4.09. The van der Waals surface area contributed by atoms with Crippen LogP contribution in [0.5, 0.6) is 5.75 Å². The molecule has 0 radical (unpaired) electrons. The molecule has 26 heavy (non-hydrogen) atoms. The minimum atomic E-state index is -0.489. The van der Waals surface area contributed by atoms with E-state index in [1.165, 1.54) is 29.5 Å². The number of carbonyl (C=O) groups excluding carboxylic acids is 1. The van der Waals surface area contributed by atoms with Gasteiger partial charge in [0.1, 0.15) is 5.75 Å². The first kappa shape index (κ1) is 18.5. The molecule has 3 rings (SSSR count). The van der Waals surface area contributed by atoms with E-state index in [4.69, 9.17) is 4.74 Å². The topological polar surface area (TPSA) is 38.3 Å². The average Bonchev–Trinajstić information content (AvgIpc) is 2.62. The first-order valence-electron chi connectivity index (χ1n) is 9.65. The molecule has 1 atom stereocenters. The van der Waals surface area contributed by atoms with Gasteiger partial charge in [0, 0.05) is 5.69 Å². The van der Waals surface area contributed by atoms with Crippen molar-refractivity contribution in [2.45, 2.75) is 65.9 Å². The lowest BCUT2D eigenvalue weighted by atomic mass is 9.92. The number of ether oxygens (including phenoxy) is 1. The van der Waals surface area contributed by atoms with Crippen molar-refractivity contribution in [3.8, 4) is 5.75 Å². The number of aryl methyl sites for hydroxylation is 5. The van der Waals surface area contributed by atoms with Gasteiger partial charge in [-0.05, 0) is 87.3 Å². The fourth-order valence-corrected chi connectivity index (χ4v) is 3.85. The molecule has 0 bridgehead atoms. The highest BCUT2D eigenvalue weighted by Gasteiger charge is 2.21. The second-order valence-electron chi connectivity index (χ2n) is 7.42. The quantitative estimate of drug-likeness (QED) is 0.795. The molecule has 0 fully saturated rings. The van der Waals surface area contributed by atoms with Crippen LogP contribution < -0.4 is 10.1 Å². The Balaban J connectivity index is 1.73. The van der Waals surface area contributed by atoms with Crippen molar-refractivity contribution in [1.82, 2.24) is 0 Å². The summed E-state index contributed by atoms with van der Waals surface area (Å²) in [4.78, 5) is 12.8. The summed E-state index contributed by atoms with van der Waals surface area (Å²) in [5, 5.41) is 3.08. The number of benzene rings is 2. The molecule has 2 aromatic rings. The molecule has 1 N–H and O–H groups in total. The molecule has 0 heterocycles. The number of anilines is 1. The zero-order valence-electron chi connectivity index (χ0n) is 16.3. The summed E-state index contributed by atoms with van der Waals surface area (Å²) >= 11 is 0. The van der Waals surface area contributed by atoms with Crippen LogP contribution in [0.2, 0.25) is 0 Å². The Morgan fingerprint density at radius 2 is 1.69 bits per heavy atom. The standard InChI is InChI=1S/C23H29NO2/c1-5-21(23(25)24-22-16(3)12-15(2)13-17(22)4)26-20-11-10-18-8-6-7-9-19(18)14-20/h10-14,21H,5-9H2,1-4H3,(H,24,25)/t21-/m0/s1. The lowest BCUT2D eigenvalue weighted by Gasteiger charge is -2.21. The summed E-state index contributed by atoms with van der Waals surface area (Å²) in [5.74, 6) is 0.713. The van der Waals surface area contributed by atoms with Gasteiger partial charge in [0.25, 0.3) is 5.91 Å². The molecule has 0 spiro atoms. The van der Waals surface area contributed by atoms with Crippen LogP contribution in [-0.4, -0.2) is 12.0 Å². The van der Waals surface area contributed by atoms with Crippen LogP contribution in [0.25, 0.3) is 0 Å². The Morgan fingerprint density at radius 3 is 2.35 bits per heavy atom. The summed E-state index contributed by atoms with van der Waals surface area (Å²) in [6, 6.07) is 10.5. The van der Waals surface area contributed by atoms with Gasteiger partial charge in [0.05, 0.1) is 0 Å². The predicted octanol–water partition coefficient (Wildman–Crippen LogP) is 5.29. The fraction of sp³-hybridized carbons (Fsp3) is 0.435. The number of hydrogen-bond donors (Lipinski definition) is 1. The first-order chi connectivity index (χ1) is 12.5. The number of carbonyl (C=O) groups is 1. The van der Waals surface area contributed by atoms with Gasteiger partial charge < -0.3 is 10.1 Å². The molecule has 1 aliphatic carbocycles. The zero-order chi connectivity index (χ0) is 18.7. The molecule has 1 amide bonds. The number of fused-ring (bicyclic) bond motifs is 1. The maximum absolute atomic E-state index is 12.8. The first-order valence-corrected chi connectivity index (χ1v) is 9.65. The highest BCUT2D eigenvalue weighted by atomic mass is 16.5. The Morgan fingerprint density at radius 1 is 1.04 bits per heavy atom. The van der Waals surface area contributed by atoms with Gasteiger partial charge in [-0.3, -0.25) is 4.79 Å². The lowest BCUT2D eigenvalue weighted by molar-refractivity contribution is -0.122. The van der Waals surface area contributed by atoms with E-state index >= 15 is 0 Å². The second-order valence-corrected chi connectivity index (χ2v) is 7.42. The Labute approximate surface area is 156 Å². The summed E-state index contributed by atoms with van der Waals surface area (Å²) < 4.78 is 6.06. The normalized spacial score (nSPS) is 14.5. The van der Waals surface area contributed by atoms with Crippen LogP contribution >= 0.6 is 0 Å². The van der Waals surface area contributed by atoms with Gasteiger partial charge >= 0.3 is 0 Å². The van der Waals surface area contributed by atoms with Crippen molar-refractivity contribution >= 4 is 11.6 Å². The Kier molecular flexibility index (Phi) is 5.65. The minimum Gasteiger partial charge on any atom is -0.481 e. The van der Waals surface area contributed by atoms with Crippen LogP contribution in [0.15, 0.2) is 30.3 Å². The van der Waals surface area contributed by atoms with E-state index < -0.39 is 6.10 Å². The molecule has 3 heteroatoms. The van der Waals surface area contributed by atoms with E-state index in [-0.39, 0.29) is 5.91 Å². The van der Waals surface area contributed by atoms with Crippen LogP contribution in [0.1, 0.15) is 54.0 Å². The van der Waals surface area contributed by atoms with Crippen molar-refractivity contribution in [3.63, 3.8) is 0 Å². The molecule has 0 aromatic heterocycles. The molecule has 3 nitrogen and oxygen atoms in total. The molecular weight excluding hydrogens is 322 g/mol. The third-order valence-electron chi connectivity index (χ3n) is 5.19. The van der Waals surface area contributed by atoms with E-state index in [1.807, 2.05) is 26.8 Å². The predicted molar refractivity (Wildman–Crippen MR) is 107 cm³/mol. The monoisotopic (exact) mass is 351 g/mol. The Bertz CT molecular complexity index is 787. The minimum absolute atomic E-state index is 0.0831. The van der Waals surface area contributed by atoms with E-state index in [0.29, 0.717) is 6.42 Å². The van der Waals surface area contributed by atoms with Gasteiger partial charge in [0.2, 0.25) is 0 Å². The van der Waals surface area contributed by atoms with Gasteiger partial charge in [-0.25, -0.2) is 0 Å². The van der Waals surface area contributed by atoms with E-state index in [9.17, 15) is 4.79 Å². The van der Waals surface area contributed by atoms with E-state index in [2.05, 4.69) is 36.5 Å². The Hall–Kier alpha value is -2.29. The van der Waals surface area contributed by atoms with Crippen molar-refractivity contribution in [3.05, 3.63) is 58.1 Å². The van der Waals surface area contributed by atoms with Gasteiger partial charge in [0.15, 0.2) is 6.10 Å². The molecule has 1 aliphatic rings. The molecule has 0 saturated heterocycles. The number of hydrogen-bond acceptors (Lipinski definition) is 2. The summed E-state index contributed by atoms with van der Waals surface area (Å²) in [6.07, 6.45) is 4.91. The molecule has 0 aliphatic heterocycles. The second kappa shape index (κ2) is 7.94. The van der Waals surface area contributed by atoms with Crippen molar-refractivity contribution in [1.29, 1.82) is 0 Å². The maximum atomic E-state index is 12.8. The van der Waals surface area contributed by atoms with Gasteiger partial charge in [-0.2, -0.15) is 0 Å². The van der Waals surface area contributed by atoms with Crippen LogP contribution in [0.4, 0.5) is 5.69 Å². The highest BCUT2D eigenvalue weighted by molar-refractivity contribution is 5.95. The average molecular weight is 351 g/mol. The molecule has 2 aromatic carbocycles. The third-order valence-corrected chi connectivity index (χ3v) is 5.19. The number of amides is 1. The number of nitrogens with one attached hydrogen (secondary N) is 1. The van der Waals surface area contributed by atoms with Crippen molar-refractivity contribution < 1.29 is 9.53 Å². The summed E-state index contributed by atoms with van der Waals surface area (Å²) in [6.45, 7) is 8.11. The van der Waals surface area contributed by atoms with E-state index in [0.717, 1.165) is 35.4 Å². The van der Waals surface area contributed by atoms with Crippen LogP contribution in [-0.2, 0) is 17.6 Å². The molecule has 138 valence electrons. The lowest BCUT2D eigenvalue weighted by Crippen LogP contribution is -2.33. The smallest absolute Gasteiger partial charge is 0.265 e. The van der Waals surface area contributed by atoms with Crippen LogP contribution in [0, 0.1) is 20.8 Å². The number of rotatable bonds is 5. The van der Waals surface area contributed by atoms with Gasteiger partial charge in [-0.15, -0.1) is 0 Å². The SMILES string of the molecule is CC[C@H](Oc1ccc2c(c1)CCCC2)C(=O)Nc1c(C)cc(C)cc1C. The largest absolute Gasteiger partial charge is 0.481 e. The van der Waals surface area contributed by atoms with Gasteiger partial charge in [-0.1, -0.05) is 30.7 Å². The molecule has 0 saturated carbocycles. The summed E-state index contributed by atoms with van der Waals surface area (Å²) in [5.41, 5.74) is 7.06. The molecule has 0 unspecified atom stereocenters. The molecular formula is C23H29NO2. The highest BCUT2D eigenvalue weighted by Crippen LogP contribution is 2.27.